The number of rotatable bonds is 7. The van der Waals surface area contributed by atoms with E-state index in [4.69, 9.17) is 14.2 Å². The molecule has 12 heteroatoms. The second-order valence-corrected chi connectivity index (χ2v) is 15.4. The van der Waals surface area contributed by atoms with Crippen molar-refractivity contribution in [2.45, 2.75) is 74.2 Å². The van der Waals surface area contributed by atoms with Crippen LogP contribution in [0, 0.1) is 23.7 Å². The van der Waals surface area contributed by atoms with Crippen LogP contribution in [0.15, 0.2) is 72.8 Å². The van der Waals surface area contributed by atoms with Crippen molar-refractivity contribution in [2.75, 3.05) is 13.6 Å². The lowest BCUT2D eigenvalue weighted by Gasteiger charge is -2.60. The Morgan fingerprint density at radius 2 is 1.75 bits per heavy atom. The van der Waals surface area contributed by atoms with E-state index in [1.54, 1.807) is 24.3 Å². The van der Waals surface area contributed by atoms with Crippen LogP contribution in [0.25, 0.3) is 32.4 Å². The molecule has 278 valence electrons. The highest BCUT2D eigenvalue weighted by atomic mass is 16.7. The number of fused-ring (bicyclic) bond motifs is 6. The molecule has 2 saturated carbocycles. The van der Waals surface area contributed by atoms with Gasteiger partial charge in [0.15, 0.2) is 17.5 Å². The summed E-state index contributed by atoms with van der Waals surface area (Å²) in [4.78, 5) is 17.6. The maximum absolute atomic E-state index is 14.5. The van der Waals surface area contributed by atoms with E-state index in [2.05, 4.69) is 10.3 Å². The maximum atomic E-state index is 14.5. The van der Waals surface area contributed by atoms with Crippen LogP contribution in [0.4, 0.5) is 0 Å². The molecule has 2 saturated heterocycles. The molecule has 53 heavy (non-hydrogen) atoms. The van der Waals surface area contributed by atoms with Gasteiger partial charge in [0.05, 0.1) is 35.4 Å². The molecule has 2 aliphatic heterocycles. The number of aromatic hydroxyl groups is 1. The first-order chi connectivity index (χ1) is 25.5. The predicted molar refractivity (Wildman–Crippen MR) is 194 cm³/mol. The molecule has 8 N–H and O–H groups in total. The summed E-state index contributed by atoms with van der Waals surface area (Å²) >= 11 is 0. The largest absolute Gasteiger partial charge is 0.508 e. The number of carbonyl (C=O) groups excluding carboxylic acids is 1. The quantitative estimate of drug-likeness (QED) is 0.0909. The standard InChI is InChI=1S/C41H44N2O10/c1-42-18-24-17-27-29-11-13-32(46)41(50)40(29,49)38(51-35(27)28(34(24)47)14-20-6-9-25(45)10-7-20)37(53-41)39(48)52-36-31(19-44)43-30-12-8-23-15-21-4-2-3-5-22(21)16-26(23)33(30)36/h2-10,12,15-16,24,27-29,32,34-35,37-38,42-47,49-50H,11,13-14,17-19H2,1H3/t24-,27+,28+,29+,32+,34-,35+,37-,38+,40-,41+/m1/s1. The van der Waals surface area contributed by atoms with Gasteiger partial charge in [0, 0.05) is 18.4 Å². The van der Waals surface area contributed by atoms with Crippen molar-refractivity contribution in [2.24, 2.45) is 23.7 Å². The van der Waals surface area contributed by atoms with Crippen molar-refractivity contribution >= 4 is 38.4 Å². The van der Waals surface area contributed by atoms with Crippen LogP contribution in [0.5, 0.6) is 11.5 Å². The molecule has 1 aromatic heterocycles. The van der Waals surface area contributed by atoms with E-state index in [1.165, 1.54) is 0 Å². The molecule has 4 fully saturated rings. The number of aromatic nitrogens is 1. The number of esters is 1. The molecule has 2 aliphatic carbocycles. The highest BCUT2D eigenvalue weighted by Crippen LogP contribution is 2.61. The third-order valence-corrected chi connectivity index (χ3v) is 12.7. The summed E-state index contributed by atoms with van der Waals surface area (Å²) in [7, 11) is 1.81. The van der Waals surface area contributed by atoms with Crippen LogP contribution < -0.4 is 10.1 Å². The van der Waals surface area contributed by atoms with Crippen molar-refractivity contribution in [3.63, 3.8) is 0 Å². The van der Waals surface area contributed by atoms with Gasteiger partial charge in [0.2, 0.25) is 5.79 Å². The summed E-state index contributed by atoms with van der Waals surface area (Å²) in [5, 5.41) is 75.6. The number of phenols is 1. The minimum atomic E-state index is -2.54. The number of phenolic OH excluding ortho intramolecular Hbond substituents is 1. The molecule has 0 radical (unpaired) electrons. The molecule has 11 atom stereocenters. The van der Waals surface area contributed by atoms with Crippen molar-refractivity contribution < 1.29 is 49.6 Å². The first-order valence-corrected chi connectivity index (χ1v) is 18.4. The lowest BCUT2D eigenvalue weighted by Crippen LogP contribution is -2.75. The molecule has 4 aromatic carbocycles. The zero-order valence-corrected chi connectivity index (χ0v) is 29.2. The number of aliphatic hydroxyl groups is 5. The first kappa shape index (κ1) is 34.6. The Labute approximate surface area is 304 Å². The Kier molecular flexibility index (Phi) is 8.33. The van der Waals surface area contributed by atoms with Gasteiger partial charge in [-0.1, -0.05) is 42.5 Å². The molecule has 4 aliphatic rings. The summed E-state index contributed by atoms with van der Waals surface area (Å²) in [6, 6.07) is 22.5. The van der Waals surface area contributed by atoms with Gasteiger partial charge >= 0.3 is 5.97 Å². The fraction of sp³-hybridized carbons (Fsp3) is 0.439. The van der Waals surface area contributed by atoms with E-state index in [-0.39, 0.29) is 35.4 Å². The Balaban J connectivity index is 1.12. The number of hydrogen-bond acceptors (Lipinski definition) is 11. The number of H-pyrrole nitrogens is 1. The van der Waals surface area contributed by atoms with Crippen molar-refractivity contribution in [1.29, 1.82) is 0 Å². The van der Waals surface area contributed by atoms with Gasteiger partial charge in [0.1, 0.15) is 18.0 Å². The molecule has 0 spiro atoms. The number of carbonyl (C=O) groups is 1. The highest BCUT2D eigenvalue weighted by molar-refractivity contribution is 6.14. The molecule has 5 aromatic rings. The minimum Gasteiger partial charge on any atom is -0.508 e. The topological polar surface area (TPSA) is 194 Å². The minimum absolute atomic E-state index is 0.0878. The average molecular weight is 725 g/mol. The molecular weight excluding hydrogens is 680 g/mol. The molecule has 0 bridgehead atoms. The van der Waals surface area contributed by atoms with Gasteiger partial charge in [-0.3, -0.25) is 0 Å². The summed E-state index contributed by atoms with van der Waals surface area (Å²) < 4.78 is 19.0. The van der Waals surface area contributed by atoms with Gasteiger partial charge in [-0.2, -0.15) is 0 Å². The Morgan fingerprint density at radius 1 is 1.00 bits per heavy atom. The van der Waals surface area contributed by atoms with E-state index >= 15 is 0 Å². The number of aliphatic hydroxyl groups excluding tert-OH is 3. The van der Waals surface area contributed by atoms with Crippen molar-refractivity contribution in [3.05, 3.63) is 84.1 Å². The molecule has 9 rings (SSSR count). The molecule has 0 amide bonds. The van der Waals surface area contributed by atoms with E-state index in [0.717, 1.165) is 27.1 Å². The number of ether oxygens (including phenoxy) is 3. The van der Waals surface area contributed by atoms with Crippen LogP contribution in [0.2, 0.25) is 0 Å². The van der Waals surface area contributed by atoms with E-state index in [9.17, 15) is 35.4 Å². The van der Waals surface area contributed by atoms with Gasteiger partial charge in [-0.05, 0) is 102 Å². The number of nitrogens with one attached hydrogen (secondary N) is 2. The summed E-state index contributed by atoms with van der Waals surface area (Å²) in [5.41, 5.74) is -0.430. The van der Waals surface area contributed by atoms with Gasteiger partial charge < -0.3 is 55.2 Å². The van der Waals surface area contributed by atoms with Crippen LogP contribution in [0.3, 0.4) is 0 Å². The molecule has 3 heterocycles. The second-order valence-electron chi connectivity index (χ2n) is 15.4. The van der Waals surface area contributed by atoms with Gasteiger partial charge in [-0.15, -0.1) is 0 Å². The lowest BCUT2D eigenvalue weighted by molar-refractivity contribution is -0.363. The Bertz CT molecular complexity index is 2210. The fourth-order valence-corrected chi connectivity index (χ4v) is 10.2. The van der Waals surface area contributed by atoms with Crippen LogP contribution in [-0.4, -0.2) is 97.1 Å². The van der Waals surface area contributed by atoms with Gasteiger partial charge in [-0.25, -0.2) is 4.79 Å². The van der Waals surface area contributed by atoms with Crippen LogP contribution in [-0.2, 0) is 27.3 Å². The number of hydrogen-bond donors (Lipinski definition) is 8. The number of benzene rings is 4. The maximum Gasteiger partial charge on any atom is 0.343 e. The van der Waals surface area contributed by atoms with E-state index in [1.807, 2.05) is 55.6 Å². The lowest BCUT2D eigenvalue weighted by atomic mass is 9.54. The van der Waals surface area contributed by atoms with E-state index in [0.29, 0.717) is 36.7 Å². The van der Waals surface area contributed by atoms with Crippen LogP contribution >= 0.6 is 0 Å². The van der Waals surface area contributed by atoms with Crippen molar-refractivity contribution in [1.82, 2.24) is 10.3 Å². The van der Waals surface area contributed by atoms with Gasteiger partial charge in [0.25, 0.3) is 0 Å². The molecular formula is C41H44N2O10. The highest BCUT2D eigenvalue weighted by Gasteiger charge is 2.78. The third kappa shape index (κ3) is 5.15. The predicted octanol–water partition coefficient (Wildman–Crippen LogP) is 3.01. The fourth-order valence-electron chi connectivity index (χ4n) is 10.2. The number of aromatic amines is 1. The third-order valence-electron chi connectivity index (χ3n) is 12.7. The summed E-state index contributed by atoms with van der Waals surface area (Å²) in [6.07, 6.45) is -4.81. The van der Waals surface area contributed by atoms with Crippen LogP contribution in [0.1, 0.15) is 30.5 Å². The molecule has 0 unspecified atom stereocenters. The second kappa shape index (κ2) is 12.7. The summed E-state index contributed by atoms with van der Waals surface area (Å²) in [6.45, 7) is 0.0342. The first-order valence-electron chi connectivity index (χ1n) is 18.4. The van der Waals surface area contributed by atoms with Crippen molar-refractivity contribution in [3.8, 4) is 11.5 Å². The molecule has 12 nitrogen and oxygen atoms in total. The average Bonchev–Trinajstić information content (AvgIpc) is 3.63. The Morgan fingerprint density at radius 3 is 2.49 bits per heavy atom. The smallest absolute Gasteiger partial charge is 0.343 e. The van der Waals surface area contributed by atoms with E-state index < -0.39 is 66.3 Å². The SMILES string of the molecule is CNC[C@H]1C[C@@H]2[C@H](O[C@H]3[C@H](C(=O)Oc4c(CO)[nH]c5ccc6cc7ccccc7cc6c45)O[C@@]4(O)[C@@H](O)CC[C@@H]2[C@@]34O)[C@@H](Cc2ccc(O)cc2)[C@@H]1O. The zero-order chi connectivity index (χ0) is 36.8. The zero-order valence-electron chi connectivity index (χ0n) is 29.2. The Hall–Kier alpha value is -4.11. The monoisotopic (exact) mass is 724 g/mol. The normalized spacial score (nSPS) is 35.0. The summed E-state index contributed by atoms with van der Waals surface area (Å²) in [5.74, 6) is -4.99.